The molecule has 2 rings (SSSR count). The van der Waals surface area contributed by atoms with Crippen LogP contribution in [0.4, 0.5) is 23.2 Å². The molecule has 0 aromatic heterocycles. The van der Waals surface area contributed by atoms with Crippen LogP contribution in [-0.2, 0) is 11.1 Å². The number of nitrogens with two attached hydrogens (primary N) is 1. The third-order valence-corrected chi connectivity index (χ3v) is 2.15. The van der Waals surface area contributed by atoms with Crippen LogP contribution in [0.1, 0.15) is 5.56 Å². The lowest BCUT2D eigenvalue weighted by Crippen LogP contribution is -2.23. The number of hydrogen-bond acceptors (Lipinski definition) is 5. The van der Waals surface area contributed by atoms with E-state index in [0.717, 1.165) is 17.3 Å². The number of nitrogens with zero attached hydrogens (tertiary/aromatic N) is 2. The fourth-order valence-electron chi connectivity index (χ4n) is 1.31. The molecule has 3 N–H and O–H groups in total. The maximum atomic E-state index is 13.0. The summed E-state index contributed by atoms with van der Waals surface area (Å²) in [6.07, 6.45) is -3.79. The van der Waals surface area contributed by atoms with E-state index in [4.69, 9.17) is 10.9 Å². The normalized spacial score (nSPS) is 16.2. The summed E-state index contributed by atoms with van der Waals surface area (Å²) in [6, 6.07) is 2.23. The first-order valence-electron chi connectivity index (χ1n) is 4.59. The molecule has 0 amide bonds. The summed E-state index contributed by atoms with van der Waals surface area (Å²) in [5.41, 5.74) is 3.66. The number of rotatable bonds is 1. The number of hydrogen-bond donors (Lipinski definition) is 2. The zero-order valence-corrected chi connectivity index (χ0v) is 8.65. The third-order valence-electron chi connectivity index (χ3n) is 2.15. The van der Waals surface area contributed by atoms with Gasteiger partial charge in [-0.25, -0.2) is 4.39 Å². The highest BCUT2D eigenvalue weighted by Crippen LogP contribution is 2.34. The molecule has 0 fully saturated rings. The Morgan fingerprint density at radius 1 is 1.28 bits per heavy atom. The first-order chi connectivity index (χ1) is 8.29. The van der Waals surface area contributed by atoms with Gasteiger partial charge in [-0.1, -0.05) is 5.23 Å². The van der Waals surface area contributed by atoms with Crippen molar-refractivity contribution in [2.24, 2.45) is 5.73 Å². The van der Waals surface area contributed by atoms with Gasteiger partial charge in [0.1, 0.15) is 5.82 Å². The zero-order chi connectivity index (χ0) is 13.5. The van der Waals surface area contributed by atoms with Crippen LogP contribution < -0.4 is 10.8 Å². The van der Waals surface area contributed by atoms with E-state index in [9.17, 15) is 17.6 Å². The van der Waals surface area contributed by atoms with Gasteiger partial charge in [0.25, 0.3) is 0 Å². The molecule has 1 aromatic carbocycles. The van der Waals surface area contributed by atoms with Gasteiger partial charge in [0.2, 0.25) is 0 Å². The summed E-state index contributed by atoms with van der Waals surface area (Å²) >= 11 is 0. The molecule has 0 aliphatic carbocycles. The lowest BCUT2D eigenvalue weighted by atomic mass is 10.2. The first-order valence-corrected chi connectivity index (χ1v) is 4.59. The fourth-order valence-corrected chi connectivity index (χ4v) is 1.31. The molecule has 1 aromatic rings. The maximum Gasteiger partial charge on any atom is 0.419 e. The van der Waals surface area contributed by atoms with Crippen LogP contribution in [0.2, 0.25) is 0 Å². The SMILES string of the molecule is NC1=CN(c2ccc(F)c(C(F)(F)F)c2)ON1O. The average Bonchev–Trinajstić information content (AvgIpc) is 2.58. The second kappa shape index (κ2) is 4.03. The largest absolute Gasteiger partial charge is 0.419 e. The molecule has 0 saturated heterocycles. The van der Waals surface area contributed by atoms with E-state index in [-0.39, 0.29) is 16.7 Å². The highest BCUT2D eigenvalue weighted by atomic mass is 19.4. The lowest BCUT2D eigenvalue weighted by Gasteiger charge is -2.17. The molecule has 1 aliphatic heterocycles. The van der Waals surface area contributed by atoms with E-state index in [1.807, 2.05) is 0 Å². The average molecular weight is 265 g/mol. The Labute approximate surface area is 98.1 Å². The summed E-state index contributed by atoms with van der Waals surface area (Å²) in [5.74, 6) is -1.63. The number of alkyl halides is 3. The summed E-state index contributed by atoms with van der Waals surface area (Å²) in [6.45, 7) is 0. The van der Waals surface area contributed by atoms with Gasteiger partial charge in [0, 0.05) is 0 Å². The molecule has 1 aliphatic rings. The molecule has 0 unspecified atom stereocenters. The lowest BCUT2D eigenvalue weighted by molar-refractivity contribution is -0.304. The van der Waals surface area contributed by atoms with E-state index in [2.05, 4.69) is 4.94 Å². The van der Waals surface area contributed by atoms with Crippen molar-refractivity contribution in [3.63, 3.8) is 0 Å². The van der Waals surface area contributed by atoms with Crippen LogP contribution in [0, 0.1) is 5.82 Å². The van der Waals surface area contributed by atoms with E-state index in [0.29, 0.717) is 12.1 Å². The van der Waals surface area contributed by atoms with E-state index in [1.54, 1.807) is 0 Å². The minimum absolute atomic E-state index is 0.136. The van der Waals surface area contributed by atoms with Gasteiger partial charge in [-0.2, -0.15) is 18.2 Å². The monoisotopic (exact) mass is 265 g/mol. The van der Waals surface area contributed by atoms with Crippen molar-refractivity contribution in [3.8, 4) is 0 Å². The molecule has 0 bridgehead atoms. The Balaban J connectivity index is 2.37. The Morgan fingerprint density at radius 3 is 2.44 bits per heavy atom. The standard InChI is InChI=1S/C9H7F4N3O2/c10-7-2-1-5(3-6(7)9(11,12)13)15-4-8(14)16(17)18-15/h1-4,17H,14H2. The van der Waals surface area contributed by atoms with Crippen molar-refractivity contribution in [2.75, 3.05) is 5.06 Å². The van der Waals surface area contributed by atoms with Crippen molar-refractivity contribution in [1.82, 2.24) is 5.23 Å². The second-order valence-electron chi connectivity index (χ2n) is 3.40. The van der Waals surface area contributed by atoms with Crippen LogP contribution in [0.5, 0.6) is 0 Å². The number of anilines is 1. The molecular formula is C9H7F4N3O2. The fraction of sp³-hybridized carbons (Fsp3) is 0.111. The third kappa shape index (κ3) is 2.17. The molecule has 0 radical (unpaired) electrons. The molecule has 0 spiro atoms. The van der Waals surface area contributed by atoms with Crippen LogP contribution in [0.15, 0.2) is 30.2 Å². The Bertz CT molecular complexity index is 503. The quantitative estimate of drug-likeness (QED) is 0.760. The van der Waals surface area contributed by atoms with Gasteiger partial charge in [0.05, 0.1) is 17.5 Å². The molecular weight excluding hydrogens is 258 g/mol. The van der Waals surface area contributed by atoms with Crippen molar-refractivity contribution >= 4 is 5.69 Å². The van der Waals surface area contributed by atoms with Crippen molar-refractivity contribution in [1.29, 1.82) is 0 Å². The predicted octanol–water partition coefficient (Wildman–Crippen LogP) is 1.96. The van der Waals surface area contributed by atoms with Gasteiger partial charge < -0.3 is 5.73 Å². The minimum atomic E-state index is -4.83. The van der Waals surface area contributed by atoms with Crippen molar-refractivity contribution in [2.45, 2.75) is 6.18 Å². The van der Waals surface area contributed by atoms with Gasteiger partial charge in [-0.3, -0.25) is 5.21 Å². The second-order valence-corrected chi connectivity index (χ2v) is 3.40. The molecule has 5 nitrogen and oxygen atoms in total. The number of halogens is 4. The van der Waals surface area contributed by atoms with Crippen molar-refractivity contribution < 1.29 is 27.7 Å². The molecule has 98 valence electrons. The van der Waals surface area contributed by atoms with Crippen LogP contribution in [0.3, 0.4) is 0 Å². The van der Waals surface area contributed by atoms with Crippen LogP contribution in [-0.4, -0.2) is 10.4 Å². The van der Waals surface area contributed by atoms with Gasteiger partial charge in [0.15, 0.2) is 5.82 Å². The summed E-state index contributed by atoms with van der Waals surface area (Å²) in [4.78, 5) is 4.58. The van der Waals surface area contributed by atoms with Crippen LogP contribution in [0.25, 0.3) is 0 Å². The Kier molecular flexibility index (Phi) is 2.79. The minimum Gasteiger partial charge on any atom is -0.380 e. The summed E-state index contributed by atoms with van der Waals surface area (Å²) in [7, 11) is 0. The van der Waals surface area contributed by atoms with Crippen molar-refractivity contribution in [3.05, 3.63) is 41.6 Å². The number of benzene rings is 1. The Hall–Kier alpha value is -2.00. The molecule has 9 heteroatoms. The maximum absolute atomic E-state index is 13.0. The molecule has 0 atom stereocenters. The van der Waals surface area contributed by atoms with E-state index < -0.39 is 17.6 Å². The highest BCUT2D eigenvalue weighted by Gasteiger charge is 2.35. The number of hydroxylamine groups is 3. The smallest absolute Gasteiger partial charge is 0.380 e. The molecule has 18 heavy (non-hydrogen) atoms. The molecule has 0 saturated carbocycles. The topological polar surface area (TPSA) is 62.0 Å². The van der Waals surface area contributed by atoms with Gasteiger partial charge in [-0.15, -0.1) is 4.94 Å². The summed E-state index contributed by atoms with van der Waals surface area (Å²) < 4.78 is 50.4. The highest BCUT2D eigenvalue weighted by molar-refractivity contribution is 5.50. The van der Waals surface area contributed by atoms with Gasteiger partial charge in [-0.05, 0) is 18.2 Å². The zero-order valence-electron chi connectivity index (χ0n) is 8.65. The van der Waals surface area contributed by atoms with E-state index >= 15 is 0 Å². The summed E-state index contributed by atoms with van der Waals surface area (Å²) in [5, 5.41) is 9.92. The van der Waals surface area contributed by atoms with Gasteiger partial charge >= 0.3 is 6.18 Å². The van der Waals surface area contributed by atoms with Crippen LogP contribution >= 0.6 is 0 Å². The first kappa shape index (κ1) is 12.5. The van der Waals surface area contributed by atoms with E-state index in [1.165, 1.54) is 0 Å². The Morgan fingerprint density at radius 2 is 1.94 bits per heavy atom. The molecule has 1 heterocycles. The predicted molar refractivity (Wildman–Crippen MR) is 50.9 cm³/mol.